The Hall–Kier alpha value is -3.12. The van der Waals surface area contributed by atoms with E-state index in [0.29, 0.717) is 0 Å². The second kappa shape index (κ2) is 9.76. The number of hydrogen-bond donors (Lipinski definition) is 0. The number of ether oxygens (including phenoxy) is 2. The molecule has 0 spiro atoms. The average molecular weight is 286 g/mol. The Morgan fingerprint density at radius 1 is 1.10 bits per heavy atom. The molecule has 0 aliphatic rings. The number of nitriles is 2. The molecule has 0 fully saturated rings. The Labute approximate surface area is 122 Å². The van der Waals surface area contributed by atoms with Crippen LogP contribution in [0, 0.1) is 22.7 Å². The zero-order chi connectivity index (χ0) is 16.3. The van der Waals surface area contributed by atoms with Crippen LogP contribution in [-0.2, 0) is 19.1 Å². The van der Waals surface area contributed by atoms with Crippen molar-refractivity contribution in [2.75, 3.05) is 6.61 Å². The van der Waals surface area contributed by atoms with Crippen LogP contribution in [0.1, 0.15) is 6.92 Å². The molecule has 1 atom stereocenters. The van der Waals surface area contributed by atoms with E-state index < -0.39 is 18.0 Å². The van der Waals surface area contributed by atoms with Crippen LogP contribution in [0.2, 0.25) is 0 Å². The van der Waals surface area contributed by atoms with Gasteiger partial charge in [-0.15, -0.1) is 0 Å². The molecule has 0 radical (unpaired) electrons. The summed E-state index contributed by atoms with van der Waals surface area (Å²) in [5, 5.41) is 17.4. The Kier molecular flexibility index (Phi) is 8.31. The van der Waals surface area contributed by atoms with Gasteiger partial charge in [0.05, 0.1) is 0 Å². The molecule has 0 saturated heterocycles. The van der Waals surface area contributed by atoms with Gasteiger partial charge in [0, 0.05) is 0 Å². The number of carbonyl (C=O) groups is 2. The summed E-state index contributed by atoms with van der Waals surface area (Å²) in [5.41, 5.74) is -0.430. The van der Waals surface area contributed by atoms with E-state index in [9.17, 15) is 9.59 Å². The minimum atomic E-state index is -0.845. The topological polar surface area (TPSA) is 100 Å². The Morgan fingerprint density at radius 2 is 1.57 bits per heavy atom. The monoisotopic (exact) mass is 286 g/mol. The van der Waals surface area contributed by atoms with Gasteiger partial charge in [-0.05, 0) is 19.1 Å². The number of hydrogen-bond acceptors (Lipinski definition) is 6. The normalized spacial score (nSPS) is 12.3. The summed E-state index contributed by atoms with van der Waals surface area (Å²) < 4.78 is 9.71. The number of allylic oxidation sites excluding steroid dienone is 4. The van der Waals surface area contributed by atoms with E-state index in [1.807, 2.05) is 0 Å². The van der Waals surface area contributed by atoms with Crippen LogP contribution in [0.4, 0.5) is 0 Å². The highest BCUT2D eigenvalue weighted by molar-refractivity contribution is 5.93. The zero-order valence-corrected chi connectivity index (χ0v) is 11.5. The molecule has 0 aromatic rings. The SMILES string of the molecule is C=CC=C(C#N)C(=O)OCC(C)OC(=O)C(C#N)=CC=C. The molecule has 0 aromatic heterocycles. The average Bonchev–Trinajstić information content (AvgIpc) is 2.47. The summed E-state index contributed by atoms with van der Waals surface area (Å²) >= 11 is 0. The number of carbonyl (C=O) groups excluding carboxylic acids is 2. The van der Waals surface area contributed by atoms with Crippen molar-refractivity contribution in [2.24, 2.45) is 0 Å². The lowest BCUT2D eigenvalue weighted by Gasteiger charge is -2.12. The predicted molar refractivity (Wildman–Crippen MR) is 74.3 cm³/mol. The maximum absolute atomic E-state index is 11.5. The van der Waals surface area contributed by atoms with E-state index >= 15 is 0 Å². The summed E-state index contributed by atoms with van der Waals surface area (Å²) in [5.74, 6) is -1.69. The molecule has 1 unspecified atom stereocenters. The fourth-order valence-corrected chi connectivity index (χ4v) is 1.09. The van der Waals surface area contributed by atoms with Crippen molar-refractivity contribution >= 4 is 11.9 Å². The third-order valence-corrected chi connectivity index (χ3v) is 2.01. The van der Waals surface area contributed by atoms with E-state index in [0.717, 1.165) is 0 Å². The summed E-state index contributed by atoms with van der Waals surface area (Å²) in [4.78, 5) is 23.0. The summed E-state index contributed by atoms with van der Waals surface area (Å²) in [6, 6.07) is 3.32. The van der Waals surface area contributed by atoms with Gasteiger partial charge < -0.3 is 9.47 Å². The summed E-state index contributed by atoms with van der Waals surface area (Å²) in [6.07, 6.45) is 4.21. The van der Waals surface area contributed by atoms with Gasteiger partial charge in [0.15, 0.2) is 0 Å². The minimum absolute atomic E-state index is 0.215. The molecule has 0 N–H and O–H groups in total. The zero-order valence-electron chi connectivity index (χ0n) is 11.5. The van der Waals surface area contributed by atoms with Crippen LogP contribution in [0.25, 0.3) is 0 Å². The van der Waals surface area contributed by atoms with Crippen molar-refractivity contribution in [3.05, 3.63) is 48.6 Å². The van der Waals surface area contributed by atoms with E-state index in [4.69, 9.17) is 20.0 Å². The third kappa shape index (κ3) is 6.55. The highest BCUT2D eigenvalue weighted by Crippen LogP contribution is 2.04. The molecular weight excluding hydrogens is 272 g/mol. The molecule has 0 aromatic carbocycles. The van der Waals surface area contributed by atoms with Crippen LogP contribution in [-0.4, -0.2) is 24.6 Å². The standard InChI is InChI=1S/C15H14N2O4/c1-4-6-12(8-16)14(18)20-10-11(3)21-15(19)13(9-17)7-5-2/h4-7,11H,1-2,10H2,3H3. The van der Waals surface area contributed by atoms with Gasteiger partial charge >= 0.3 is 11.9 Å². The quantitative estimate of drug-likeness (QED) is 0.306. The number of rotatable bonds is 7. The molecule has 0 aliphatic carbocycles. The maximum atomic E-state index is 11.5. The first-order valence-corrected chi connectivity index (χ1v) is 5.83. The largest absolute Gasteiger partial charge is 0.458 e. The molecule has 0 amide bonds. The van der Waals surface area contributed by atoms with Crippen LogP contribution in [0.15, 0.2) is 48.6 Å². The summed E-state index contributed by atoms with van der Waals surface area (Å²) in [6.45, 7) is 7.97. The molecule has 21 heavy (non-hydrogen) atoms. The Balaban J connectivity index is 4.51. The first kappa shape index (κ1) is 17.9. The van der Waals surface area contributed by atoms with Crippen LogP contribution in [0.5, 0.6) is 0 Å². The molecule has 0 bridgehead atoms. The second-order valence-electron chi connectivity index (χ2n) is 3.67. The van der Waals surface area contributed by atoms with Gasteiger partial charge in [-0.25, -0.2) is 9.59 Å². The molecule has 0 aliphatic heterocycles. The molecule has 6 nitrogen and oxygen atoms in total. The van der Waals surface area contributed by atoms with E-state index in [1.165, 1.54) is 31.2 Å². The first-order valence-electron chi connectivity index (χ1n) is 5.83. The molecule has 6 heteroatoms. The van der Waals surface area contributed by atoms with Crippen molar-refractivity contribution in [2.45, 2.75) is 13.0 Å². The lowest BCUT2D eigenvalue weighted by Crippen LogP contribution is -2.23. The van der Waals surface area contributed by atoms with Crippen molar-refractivity contribution in [3.63, 3.8) is 0 Å². The minimum Gasteiger partial charge on any atom is -0.458 e. The van der Waals surface area contributed by atoms with Gasteiger partial charge in [-0.2, -0.15) is 10.5 Å². The molecule has 0 rings (SSSR count). The highest BCUT2D eigenvalue weighted by Gasteiger charge is 2.17. The highest BCUT2D eigenvalue weighted by atomic mass is 16.6. The number of nitrogens with zero attached hydrogens (tertiary/aromatic N) is 2. The third-order valence-electron chi connectivity index (χ3n) is 2.01. The van der Waals surface area contributed by atoms with Crippen LogP contribution < -0.4 is 0 Å². The van der Waals surface area contributed by atoms with Gasteiger partial charge in [-0.1, -0.05) is 25.3 Å². The molecular formula is C15H14N2O4. The van der Waals surface area contributed by atoms with Gasteiger partial charge in [0.25, 0.3) is 0 Å². The lowest BCUT2D eigenvalue weighted by atomic mass is 10.2. The fraction of sp³-hybridized carbons (Fsp3) is 0.200. The lowest BCUT2D eigenvalue weighted by molar-refractivity contribution is -0.152. The van der Waals surface area contributed by atoms with E-state index in [2.05, 4.69) is 13.2 Å². The van der Waals surface area contributed by atoms with Crippen LogP contribution in [0.3, 0.4) is 0 Å². The van der Waals surface area contributed by atoms with Crippen LogP contribution >= 0.6 is 0 Å². The number of esters is 2. The van der Waals surface area contributed by atoms with Crippen molar-refractivity contribution < 1.29 is 19.1 Å². The maximum Gasteiger partial charge on any atom is 0.349 e. The van der Waals surface area contributed by atoms with Gasteiger partial charge in [0.2, 0.25) is 0 Å². The predicted octanol–water partition coefficient (Wildman–Crippen LogP) is 1.73. The van der Waals surface area contributed by atoms with Crippen molar-refractivity contribution in [1.82, 2.24) is 0 Å². The molecule has 108 valence electrons. The molecule has 0 saturated carbocycles. The fourth-order valence-electron chi connectivity index (χ4n) is 1.09. The van der Waals surface area contributed by atoms with Crippen molar-refractivity contribution in [1.29, 1.82) is 10.5 Å². The van der Waals surface area contributed by atoms with E-state index in [1.54, 1.807) is 12.1 Å². The second-order valence-corrected chi connectivity index (χ2v) is 3.67. The Bertz CT molecular complexity index is 573. The molecule has 0 heterocycles. The Morgan fingerprint density at radius 3 is 2.00 bits per heavy atom. The van der Waals surface area contributed by atoms with Crippen molar-refractivity contribution in [3.8, 4) is 12.1 Å². The smallest absolute Gasteiger partial charge is 0.349 e. The van der Waals surface area contributed by atoms with Gasteiger partial charge in [0.1, 0.15) is 36.0 Å². The summed E-state index contributed by atoms with van der Waals surface area (Å²) in [7, 11) is 0. The first-order chi connectivity index (χ1) is 9.99. The van der Waals surface area contributed by atoms with Gasteiger partial charge in [-0.3, -0.25) is 0 Å². The van der Waals surface area contributed by atoms with E-state index in [-0.39, 0.29) is 17.8 Å².